The maximum absolute atomic E-state index is 12.9. The van der Waals surface area contributed by atoms with Crippen molar-refractivity contribution < 1.29 is 27.5 Å². The summed E-state index contributed by atoms with van der Waals surface area (Å²) in [6.07, 6.45) is 4.46. The minimum absolute atomic E-state index is 0.0341. The third-order valence-electron chi connectivity index (χ3n) is 6.02. The third kappa shape index (κ3) is 5.65. The molecule has 9 heteroatoms. The Balaban J connectivity index is 1.74. The number of carbonyl (C=O) groups is 2. The number of sulfonamides is 1. The summed E-state index contributed by atoms with van der Waals surface area (Å²) in [6, 6.07) is 5.75. The second-order valence-corrected chi connectivity index (χ2v) is 10.1. The van der Waals surface area contributed by atoms with Gasteiger partial charge >= 0.3 is 5.97 Å². The summed E-state index contributed by atoms with van der Waals surface area (Å²) >= 11 is 0. The maximum atomic E-state index is 12.9. The first-order chi connectivity index (χ1) is 15.7. The van der Waals surface area contributed by atoms with Crippen LogP contribution in [0.4, 0.5) is 0 Å². The van der Waals surface area contributed by atoms with Gasteiger partial charge in [-0.2, -0.15) is 0 Å². The highest BCUT2D eigenvalue weighted by Gasteiger charge is 2.27. The van der Waals surface area contributed by atoms with E-state index in [1.54, 1.807) is 6.07 Å². The molecule has 1 N–H and O–H groups in total. The number of rotatable bonds is 10. The molecule has 0 amide bonds. The molecule has 0 aliphatic heterocycles. The lowest BCUT2D eigenvalue weighted by molar-refractivity contribution is 0.0474. The maximum Gasteiger partial charge on any atom is 0.338 e. The Hall–Kier alpha value is -2.65. The van der Waals surface area contributed by atoms with Gasteiger partial charge in [-0.3, -0.25) is 4.79 Å². The highest BCUT2D eigenvalue weighted by atomic mass is 32.2. The molecule has 0 radical (unpaired) electrons. The normalized spacial score (nSPS) is 14.4. The van der Waals surface area contributed by atoms with Crippen LogP contribution in [-0.2, 0) is 21.3 Å². The lowest BCUT2D eigenvalue weighted by Gasteiger charge is -2.15. The van der Waals surface area contributed by atoms with Crippen LogP contribution in [0.3, 0.4) is 0 Å². The van der Waals surface area contributed by atoms with E-state index in [2.05, 4.69) is 16.2 Å². The molecule has 1 aliphatic carbocycles. The van der Waals surface area contributed by atoms with Gasteiger partial charge in [-0.05, 0) is 57.4 Å². The zero-order valence-corrected chi connectivity index (χ0v) is 20.5. The van der Waals surface area contributed by atoms with Crippen molar-refractivity contribution in [3.8, 4) is 5.75 Å². The number of benzene rings is 1. The third-order valence-corrected chi connectivity index (χ3v) is 7.56. The van der Waals surface area contributed by atoms with Crippen molar-refractivity contribution >= 4 is 21.8 Å². The number of aromatic nitrogens is 1. The highest BCUT2D eigenvalue weighted by Crippen LogP contribution is 2.27. The second-order valence-electron chi connectivity index (χ2n) is 8.40. The number of nitrogens with one attached hydrogen (secondary N) is 1. The molecule has 1 heterocycles. The molecule has 2 aromatic rings. The summed E-state index contributed by atoms with van der Waals surface area (Å²) in [5, 5.41) is 0. The number of aryl methyl sites for hydroxylation is 1. The van der Waals surface area contributed by atoms with Gasteiger partial charge < -0.3 is 14.0 Å². The van der Waals surface area contributed by atoms with E-state index in [1.165, 1.54) is 25.3 Å². The molecule has 33 heavy (non-hydrogen) atoms. The van der Waals surface area contributed by atoms with Crippen LogP contribution in [0.15, 0.2) is 29.2 Å². The number of methoxy groups -OCH3 is 1. The quantitative estimate of drug-likeness (QED) is 0.413. The topological polar surface area (TPSA) is 104 Å². The molecule has 8 nitrogen and oxygen atoms in total. The fourth-order valence-corrected chi connectivity index (χ4v) is 5.78. The van der Waals surface area contributed by atoms with Crippen LogP contribution in [0.5, 0.6) is 5.75 Å². The van der Waals surface area contributed by atoms with Gasteiger partial charge in [0.05, 0.1) is 12.7 Å². The molecule has 1 saturated carbocycles. The van der Waals surface area contributed by atoms with E-state index in [-0.39, 0.29) is 28.0 Å². The standard InChI is InChI=1S/C24H32N2O6S/c1-5-12-26-16(2)13-20(17(26)3)21(27)15-32-24(28)18-10-11-22(31-4)23(14-18)33(29,30)25-19-8-6-7-9-19/h10-11,13-14,19,25H,5-9,12,15H2,1-4H3. The van der Waals surface area contributed by atoms with Crippen molar-refractivity contribution in [2.75, 3.05) is 13.7 Å². The van der Waals surface area contributed by atoms with Gasteiger partial charge in [0.1, 0.15) is 10.6 Å². The summed E-state index contributed by atoms with van der Waals surface area (Å²) in [6.45, 7) is 6.25. The van der Waals surface area contributed by atoms with E-state index in [9.17, 15) is 18.0 Å². The fraction of sp³-hybridized carbons (Fsp3) is 0.500. The molecule has 0 spiro atoms. The molecule has 0 unspecified atom stereocenters. The first-order valence-electron chi connectivity index (χ1n) is 11.2. The Morgan fingerprint density at radius 2 is 1.85 bits per heavy atom. The Kier molecular flexibility index (Phi) is 7.97. The van der Waals surface area contributed by atoms with Crippen LogP contribution in [0.2, 0.25) is 0 Å². The Labute approximate surface area is 195 Å². The average molecular weight is 477 g/mol. The molecule has 1 aromatic heterocycles. The number of ether oxygens (including phenoxy) is 2. The lowest BCUT2D eigenvalue weighted by Crippen LogP contribution is -2.33. The highest BCUT2D eigenvalue weighted by molar-refractivity contribution is 7.89. The van der Waals surface area contributed by atoms with Crippen LogP contribution in [0.1, 0.15) is 71.1 Å². The van der Waals surface area contributed by atoms with Gasteiger partial charge in [0.15, 0.2) is 6.61 Å². The van der Waals surface area contributed by atoms with Crippen LogP contribution in [-0.4, -0.2) is 44.5 Å². The van der Waals surface area contributed by atoms with E-state index < -0.39 is 22.6 Å². The second kappa shape index (κ2) is 10.5. The monoisotopic (exact) mass is 476 g/mol. The molecule has 1 fully saturated rings. The number of hydrogen-bond donors (Lipinski definition) is 1. The van der Waals surface area contributed by atoms with E-state index in [4.69, 9.17) is 9.47 Å². The van der Waals surface area contributed by atoms with Gasteiger partial charge in [-0.15, -0.1) is 0 Å². The largest absolute Gasteiger partial charge is 0.495 e. The summed E-state index contributed by atoms with van der Waals surface area (Å²) in [4.78, 5) is 25.2. The van der Waals surface area contributed by atoms with E-state index >= 15 is 0 Å². The Bertz CT molecular complexity index is 1130. The average Bonchev–Trinajstić information content (AvgIpc) is 3.39. The lowest BCUT2D eigenvalue weighted by atomic mass is 10.1. The van der Waals surface area contributed by atoms with Crippen LogP contribution >= 0.6 is 0 Å². The number of carbonyl (C=O) groups excluding carboxylic acids is 2. The molecular formula is C24H32N2O6S. The minimum Gasteiger partial charge on any atom is -0.495 e. The van der Waals surface area contributed by atoms with Gasteiger partial charge in [-0.1, -0.05) is 19.8 Å². The summed E-state index contributed by atoms with van der Waals surface area (Å²) < 4.78 is 41.0. The first kappa shape index (κ1) is 25.0. The molecule has 3 rings (SSSR count). The smallest absolute Gasteiger partial charge is 0.338 e. The van der Waals surface area contributed by atoms with Crippen molar-refractivity contribution in [3.63, 3.8) is 0 Å². The van der Waals surface area contributed by atoms with Crippen molar-refractivity contribution in [2.24, 2.45) is 0 Å². The number of esters is 1. The Morgan fingerprint density at radius 1 is 1.15 bits per heavy atom. The van der Waals surface area contributed by atoms with E-state index in [0.29, 0.717) is 5.56 Å². The summed E-state index contributed by atoms with van der Waals surface area (Å²) in [5.74, 6) is -0.940. The number of nitrogens with zero attached hydrogens (tertiary/aromatic N) is 1. The molecule has 180 valence electrons. The van der Waals surface area contributed by atoms with E-state index in [1.807, 2.05) is 13.8 Å². The number of ketones is 1. The summed E-state index contributed by atoms with van der Waals surface area (Å²) in [5.41, 5.74) is 2.37. The predicted octanol–water partition coefficient (Wildman–Crippen LogP) is 3.78. The van der Waals surface area contributed by atoms with Crippen molar-refractivity contribution in [3.05, 3.63) is 46.8 Å². The zero-order valence-electron chi connectivity index (χ0n) is 19.6. The predicted molar refractivity (Wildman–Crippen MR) is 124 cm³/mol. The van der Waals surface area contributed by atoms with Crippen molar-refractivity contribution in [2.45, 2.75) is 70.4 Å². The number of hydrogen-bond acceptors (Lipinski definition) is 6. The van der Waals surface area contributed by atoms with Crippen molar-refractivity contribution in [1.29, 1.82) is 0 Å². The van der Waals surface area contributed by atoms with E-state index in [0.717, 1.165) is 50.0 Å². The molecule has 0 saturated heterocycles. The molecule has 0 atom stereocenters. The molecule has 0 bridgehead atoms. The minimum atomic E-state index is -3.88. The number of Topliss-reactive ketones (excluding diaryl/α,β-unsaturated/α-hetero) is 1. The zero-order chi connectivity index (χ0) is 24.2. The van der Waals surface area contributed by atoms with Crippen LogP contribution < -0.4 is 9.46 Å². The van der Waals surface area contributed by atoms with Crippen LogP contribution in [0.25, 0.3) is 0 Å². The SMILES string of the molecule is CCCn1c(C)cc(C(=O)COC(=O)c2ccc(OC)c(S(=O)(=O)NC3CCCC3)c2)c1C. The first-order valence-corrected chi connectivity index (χ1v) is 12.7. The van der Waals surface area contributed by atoms with Gasteiger partial charge in [0.25, 0.3) is 0 Å². The van der Waals surface area contributed by atoms with Crippen molar-refractivity contribution in [1.82, 2.24) is 9.29 Å². The van der Waals surface area contributed by atoms with Crippen LogP contribution in [0, 0.1) is 13.8 Å². The Morgan fingerprint density at radius 3 is 2.48 bits per heavy atom. The van der Waals surface area contributed by atoms with Gasteiger partial charge in [-0.25, -0.2) is 17.9 Å². The summed E-state index contributed by atoms with van der Waals surface area (Å²) in [7, 11) is -2.51. The fourth-order valence-electron chi connectivity index (χ4n) is 4.28. The molecule has 1 aliphatic rings. The van der Waals surface area contributed by atoms with Gasteiger partial charge in [0.2, 0.25) is 15.8 Å². The molecular weight excluding hydrogens is 444 g/mol. The molecule has 1 aromatic carbocycles. The van der Waals surface area contributed by atoms with Gasteiger partial charge in [0, 0.05) is 29.5 Å².